The van der Waals surface area contributed by atoms with Gasteiger partial charge in [0.25, 0.3) is 5.91 Å². The van der Waals surface area contributed by atoms with E-state index in [1.807, 2.05) is 24.3 Å². The fraction of sp³-hybridized carbons (Fsp3) is 0.222. The molecule has 1 N–H and O–H groups in total. The molecule has 2 heterocycles. The van der Waals surface area contributed by atoms with Crippen molar-refractivity contribution in [2.24, 2.45) is 0 Å². The smallest absolute Gasteiger partial charge is 0.251 e. The number of nitrogens with zero attached hydrogens (tertiary/aromatic N) is 2. The number of hydrogen-bond donors (Lipinski definition) is 1. The first-order valence-corrected chi connectivity index (χ1v) is 10.7. The number of aromatic nitrogens is 1. The van der Waals surface area contributed by atoms with E-state index in [1.165, 1.54) is 4.31 Å². The van der Waals surface area contributed by atoms with E-state index in [0.717, 1.165) is 15.2 Å². The molecule has 4 rings (SSSR count). The molecule has 1 aromatic heterocycles. The molecule has 6 nitrogen and oxygen atoms in total. The van der Waals surface area contributed by atoms with Crippen LogP contribution in [0.3, 0.4) is 0 Å². The van der Waals surface area contributed by atoms with Crippen LogP contribution in [0.15, 0.2) is 48.5 Å². The van der Waals surface area contributed by atoms with Crippen molar-refractivity contribution >= 4 is 43.2 Å². The van der Waals surface area contributed by atoms with Gasteiger partial charge in [0, 0.05) is 12.1 Å². The number of rotatable bonds is 4. The summed E-state index contributed by atoms with van der Waals surface area (Å²) in [6.07, 6.45) is 0.608. The summed E-state index contributed by atoms with van der Waals surface area (Å²) in [7, 11) is -3.26. The van der Waals surface area contributed by atoms with Crippen LogP contribution >= 0.6 is 11.3 Å². The molecule has 1 saturated heterocycles. The van der Waals surface area contributed by atoms with Gasteiger partial charge in [0.2, 0.25) is 10.0 Å². The SMILES string of the molecule is O=C(NCc1nc2ccccc2s1)c1cccc(N2CCCS2(=O)=O)c1. The van der Waals surface area contributed by atoms with Gasteiger partial charge >= 0.3 is 0 Å². The summed E-state index contributed by atoms with van der Waals surface area (Å²) in [5, 5.41) is 3.69. The molecule has 26 heavy (non-hydrogen) atoms. The van der Waals surface area contributed by atoms with Crippen molar-refractivity contribution in [1.29, 1.82) is 0 Å². The number of carbonyl (C=O) groups is 1. The summed E-state index contributed by atoms with van der Waals surface area (Å²) in [6.45, 7) is 0.795. The molecule has 0 spiro atoms. The third kappa shape index (κ3) is 3.30. The van der Waals surface area contributed by atoms with Crippen molar-refractivity contribution < 1.29 is 13.2 Å². The zero-order valence-electron chi connectivity index (χ0n) is 13.9. The topological polar surface area (TPSA) is 79.4 Å². The van der Waals surface area contributed by atoms with Gasteiger partial charge in [0.15, 0.2) is 0 Å². The summed E-state index contributed by atoms with van der Waals surface area (Å²) in [6, 6.07) is 14.6. The van der Waals surface area contributed by atoms with Crippen LogP contribution in [0.4, 0.5) is 5.69 Å². The summed E-state index contributed by atoms with van der Waals surface area (Å²) in [5.74, 6) is -0.0937. The molecular formula is C18H17N3O3S2. The summed E-state index contributed by atoms with van der Waals surface area (Å²) in [5.41, 5.74) is 1.89. The first-order chi connectivity index (χ1) is 12.5. The predicted octanol–water partition coefficient (Wildman–Crippen LogP) is 2.77. The van der Waals surface area contributed by atoms with Crippen LogP contribution in [0.5, 0.6) is 0 Å². The average molecular weight is 387 g/mol. The molecule has 1 aliphatic rings. The van der Waals surface area contributed by atoms with Crippen molar-refractivity contribution in [3.63, 3.8) is 0 Å². The maximum absolute atomic E-state index is 12.5. The molecular weight excluding hydrogens is 370 g/mol. The zero-order chi connectivity index (χ0) is 18.1. The third-order valence-electron chi connectivity index (χ3n) is 4.23. The van der Waals surface area contributed by atoms with Crippen molar-refractivity contribution in [2.75, 3.05) is 16.6 Å². The molecule has 2 aromatic carbocycles. The normalized spacial score (nSPS) is 16.1. The molecule has 8 heteroatoms. The Morgan fingerprint density at radius 1 is 1.19 bits per heavy atom. The van der Waals surface area contributed by atoms with Crippen LogP contribution in [0.1, 0.15) is 21.8 Å². The van der Waals surface area contributed by atoms with Crippen molar-refractivity contribution in [3.05, 3.63) is 59.1 Å². The van der Waals surface area contributed by atoms with Crippen LogP contribution in [-0.4, -0.2) is 31.6 Å². The molecule has 0 saturated carbocycles. The number of thiazole rings is 1. The van der Waals surface area contributed by atoms with Crippen LogP contribution in [0.2, 0.25) is 0 Å². The summed E-state index contributed by atoms with van der Waals surface area (Å²) < 4.78 is 26.6. The van der Waals surface area contributed by atoms with Crippen LogP contribution < -0.4 is 9.62 Å². The van der Waals surface area contributed by atoms with Crippen LogP contribution in [-0.2, 0) is 16.6 Å². The highest BCUT2D eigenvalue weighted by molar-refractivity contribution is 7.93. The average Bonchev–Trinajstić information content (AvgIpc) is 3.21. The van der Waals surface area contributed by atoms with Gasteiger partial charge in [-0.15, -0.1) is 11.3 Å². The van der Waals surface area contributed by atoms with E-state index in [4.69, 9.17) is 0 Å². The predicted molar refractivity (Wildman–Crippen MR) is 103 cm³/mol. The largest absolute Gasteiger partial charge is 0.346 e. The number of hydrogen-bond acceptors (Lipinski definition) is 5. The number of fused-ring (bicyclic) bond motifs is 1. The minimum Gasteiger partial charge on any atom is -0.346 e. The van der Waals surface area contributed by atoms with Gasteiger partial charge < -0.3 is 5.32 Å². The standard InChI is InChI=1S/C18H17N3O3S2/c22-18(19-12-17-20-15-7-1-2-8-16(15)25-17)13-5-3-6-14(11-13)21-9-4-10-26(21,23)24/h1-3,5-8,11H,4,9-10,12H2,(H,19,22). The molecule has 1 aliphatic heterocycles. The van der Waals surface area contributed by atoms with E-state index >= 15 is 0 Å². The Balaban J connectivity index is 1.49. The second-order valence-corrected chi connectivity index (χ2v) is 9.18. The number of benzene rings is 2. The number of anilines is 1. The fourth-order valence-electron chi connectivity index (χ4n) is 2.99. The number of amides is 1. The maximum atomic E-state index is 12.5. The molecule has 0 radical (unpaired) electrons. The highest BCUT2D eigenvalue weighted by atomic mass is 32.2. The van der Waals surface area contributed by atoms with E-state index < -0.39 is 10.0 Å². The van der Waals surface area contributed by atoms with E-state index in [-0.39, 0.29) is 11.7 Å². The van der Waals surface area contributed by atoms with E-state index in [1.54, 1.807) is 35.6 Å². The van der Waals surface area contributed by atoms with Gasteiger partial charge in [0.05, 0.1) is 28.2 Å². The molecule has 0 atom stereocenters. The number of sulfonamides is 1. The van der Waals surface area contributed by atoms with Crippen molar-refractivity contribution in [2.45, 2.75) is 13.0 Å². The molecule has 1 amide bonds. The lowest BCUT2D eigenvalue weighted by Gasteiger charge is -2.17. The molecule has 0 unspecified atom stereocenters. The van der Waals surface area contributed by atoms with Gasteiger partial charge in [0.1, 0.15) is 5.01 Å². The minimum absolute atomic E-state index is 0.154. The molecule has 134 valence electrons. The molecule has 3 aromatic rings. The highest BCUT2D eigenvalue weighted by Crippen LogP contribution is 2.25. The van der Waals surface area contributed by atoms with E-state index in [0.29, 0.717) is 30.8 Å². The van der Waals surface area contributed by atoms with E-state index in [2.05, 4.69) is 10.3 Å². The Hall–Kier alpha value is -2.45. The summed E-state index contributed by atoms with van der Waals surface area (Å²) in [4.78, 5) is 17.0. The fourth-order valence-corrected chi connectivity index (χ4v) is 5.45. The Labute approximate surface area is 155 Å². The lowest BCUT2D eigenvalue weighted by atomic mass is 10.2. The third-order valence-corrected chi connectivity index (χ3v) is 7.14. The van der Waals surface area contributed by atoms with Gasteiger partial charge in [-0.3, -0.25) is 9.10 Å². The monoisotopic (exact) mass is 387 g/mol. The number of carbonyl (C=O) groups excluding carboxylic acids is 1. The van der Waals surface area contributed by atoms with Gasteiger partial charge in [-0.2, -0.15) is 0 Å². The van der Waals surface area contributed by atoms with Gasteiger partial charge in [-0.25, -0.2) is 13.4 Å². The Morgan fingerprint density at radius 3 is 2.81 bits per heavy atom. The van der Waals surface area contributed by atoms with Gasteiger partial charge in [-0.05, 0) is 36.8 Å². The molecule has 0 aliphatic carbocycles. The zero-order valence-corrected chi connectivity index (χ0v) is 15.5. The number of para-hydroxylation sites is 1. The Morgan fingerprint density at radius 2 is 2.04 bits per heavy atom. The van der Waals surface area contributed by atoms with E-state index in [9.17, 15) is 13.2 Å². The first kappa shape index (κ1) is 17.0. The quantitative estimate of drug-likeness (QED) is 0.747. The van der Waals surface area contributed by atoms with Crippen LogP contribution in [0, 0.1) is 0 Å². The molecule has 1 fully saturated rings. The molecule has 0 bridgehead atoms. The Kier molecular flexibility index (Phi) is 4.37. The lowest BCUT2D eigenvalue weighted by molar-refractivity contribution is 0.0951. The first-order valence-electron chi connectivity index (χ1n) is 8.26. The highest BCUT2D eigenvalue weighted by Gasteiger charge is 2.28. The minimum atomic E-state index is -3.26. The second-order valence-electron chi connectivity index (χ2n) is 6.05. The van der Waals surface area contributed by atoms with Crippen LogP contribution in [0.25, 0.3) is 10.2 Å². The number of nitrogens with one attached hydrogen (secondary N) is 1. The van der Waals surface area contributed by atoms with Crippen molar-refractivity contribution in [1.82, 2.24) is 10.3 Å². The Bertz CT molecular complexity index is 1040. The summed E-state index contributed by atoms with van der Waals surface area (Å²) >= 11 is 1.54. The van der Waals surface area contributed by atoms with Crippen molar-refractivity contribution in [3.8, 4) is 0 Å². The maximum Gasteiger partial charge on any atom is 0.251 e. The lowest BCUT2D eigenvalue weighted by Crippen LogP contribution is -2.26. The van der Waals surface area contributed by atoms with Gasteiger partial charge in [-0.1, -0.05) is 18.2 Å². The second kappa shape index (κ2) is 6.69.